The Morgan fingerprint density at radius 3 is 2.40 bits per heavy atom. The molecule has 20 heavy (non-hydrogen) atoms. The highest BCUT2D eigenvalue weighted by Crippen LogP contribution is 2.19. The minimum absolute atomic E-state index is 0.189. The van der Waals surface area contributed by atoms with Crippen LogP contribution < -0.4 is 10.0 Å². The van der Waals surface area contributed by atoms with Gasteiger partial charge in [-0.2, -0.15) is 0 Å². The first-order valence-electron chi connectivity index (χ1n) is 6.33. The van der Waals surface area contributed by atoms with Gasteiger partial charge in [-0.25, -0.2) is 8.42 Å². The average molecular weight is 300 g/mol. The SMILES string of the molecule is CCOC(=O)CCCN(c1ccc(N)cc1)S(C)(=O)=O. The van der Waals surface area contributed by atoms with Gasteiger partial charge in [0.25, 0.3) is 0 Å². The van der Waals surface area contributed by atoms with Crippen molar-refractivity contribution in [3.8, 4) is 0 Å². The van der Waals surface area contributed by atoms with Crippen LogP contribution in [0.15, 0.2) is 24.3 Å². The van der Waals surface area contributed by atoms with Crippen molar-refractivity contribution >= 4 is 27.4 Å². The van der Waals surface area contributed by atoms with Gasteiger partial charge in [0.05, 0.1) is 18.6 Å². The largest absolute Gasteiger partial charge is 0.466 e. The first-order valence-corrected chi connectivity index (χ1v) is 8.18. The van der Waals surface area contributed by atoms with Crippen LogP contribution in [0.2, 0.25) is 0 Å². The van der Waals surface area contributed by atoms with E-state index in [1.54, 1.807) is 31.2 Å². The number of benzene rings is 1. The number of hydrogen-bond acceptors (Lipinski definition) is 5. The molecule has 0 unspecified atom stereocenters. The number of esters is 1. The summed E-state index contributed by atoms with van der Waals surface area (Å²) in [6.45, 7) is 2.28. The molecule has 2 N–H and O–H groups in total. The summed E-state index contributed by atoms with van der Waals surface area (Å²) < 4.78 is 29.7. The molecule has 7 heteroatoms. The van der Waals surface area contributed by atoms with Gasteiger partial charge >= 0.3 is 5.97 Å². The predicted molar refractivity (Wildman–Crippen MR) is 78.9 cm³/mol. The number of nitrogen functional groups attached to an aromatic ring is 1. The van der Waals surface area contributed by atoms with Crippen LogP contribution in [-0.2, 0) is 19.6 Å². The molecule has 0 fully saturated rings. The Balaban J connectivity index is 2.72. The number of hydrogen-bond donors (Lipinski definition) is 1. The fraction of sp³-hybridized carbons (Fsp3) is 0.462. The molecule has 1 aromatic carbocycles. The molecule has 112 valence electrons. The molecule has 1 aromatic rings. The van der Waals surface area contributed by atoms with E-state index in [-0.39, 0.29) is 18.9 Å². The van der Waals surface area contributed by atoms with E-state index in [2.05, 4.69) is 0 Å². The van der Waals surface area contributed by atoms with Gasteiger partial charge in [0.1, 0.15) is 0 Å². The molecule has 0 heterocycles. The van der Waals surface area contributed by atoms with Crippen LogP contribution in [0.1, 0.15) is 19.8 Å². The molecule has 0 saturated heterocycles. The van der Waals surface area contributed by atoms with Crippen molar-refractivity contribution < 1.29 is 17.9 Å². The molecule has 0 aliphatic heterocycles. The average Bonchev–Trinajstić information content (AvgIpc) is 2.35. The van der Waals surface area contributed by atoms with Gasteiger partial charge in [-0.1, -0.05) is 0 Å². The van der Waals surface area contributed by atoms with E-state index >= 15 is 0 Å². The van der Waals surface area contributed by atoms with Gasteiger partial charge in [-0.05, 0) is 37.6 Å². The lowest BCUT2D eigenvalue weighted by molar-refractivity contribution is -0.143. The molecular weight excluding hydrogens is 280 g/mol. The predicted octanol–water partition coefficient (Wildman–Crippen LogP) is 1.38. The zero-order valence-corrected chi connectivity index (χ0v) is 12.5. The molecular formula is C13H20N2O4S. The van der Waals surface area contributed by atoms with Crippen molar-refractivity contribution in [2.75, 3.05) is 29.4 Å². The van der Waals surface area contributed by atoms with Gasteiger partial charge < -0.3 is 10.5 Å². The van der Waals surface area contributed by atoms with Crippen LogP contribution in [-0.4, -0.2) is 33.8 Å². The molecule has 0 aliphatic carbocycles. The smallest absolute Gasteiger partial charge is 0.305 e. The second-order valence-corrected chi connectivity index (χ2v) is 6.24. The Morgan fingerprint density at radius 2 is 1.90 bits per heavy atom. The van der Waals surface area contributed by atoms with E-state index in [9.17, 15) is 13.2 Å². The van der Waals surface area contributed by atoms with Crippen LogP contribution in [0.25, 0.3) is 0 Å². The number of anilines is 2. The summed E-state index contributed by atoms with van der Waals surface area (Å²) in [5.74, 6) is -0.321. The molecule has 0 bridgehead atoms. The van der Waals surface area contributed by atoms with Crippen molar-refractivity contribution in [1.82, 2.24) is 0 Å². The lowest BCUT2D eigenvalue weighted by Crippen LogP contribution is -2.31. The topological polar surface area (TPSA) is 89.7 Å². The number of nitrogens with two attached hydrogens (primary N) is 1. The van der Waals surface area contributed by atoms with Gasteiger partial charge in [0.15, 0.2) is 0 Å². The summed E-state index contributed by atoms with van der Waals surface area (Å²) in [5, 5.41) is 0. The third kappa shape index (κ3) is 5.08. The molecule has 1 rings (SSSR count). The second kappa shape index (κ2) is 7.14. The van der Waals surface area contributed by atoms with Gasteiger partial charge in [-0.3, -0.25) is 9.10 Å². The van der Waals surface area contributed by atoms with Crippen molar-refractivity contribution in [2.24, 2.45) is 0 Å². The lowest BCUT2D eigenvalue weighted by Gasteiger charge is -2.22. The van der Waals surface area contributed by atoms with E-state index in [1.807, 2.05) is 0 Å². The number of ether oxygens (including phenoxy) is 1. The highest BCUT2D eigenvalue weighted by Gasteiger charge is 2.17. The fourth-order valence-electron chi connectivity index (χ4n) is 1.73. The van der Waals surface area contributed by atoms with Crippen LogP contribution >= 0.6 is 0 Å². The summed E-state index contributed by atoms with van der Waals surface area (Å²) in [7, 11) is -3.40. The summed E-state index contributed by atoms with van der Waals surface area (Å²) >= 11 is 0. The van der Waals surface area contributed by atoms with Crippen LogP contribution in [0, 0.1) is 0 Å². The van der Waals surface area contributed by atoms with Crippen molar-refractivity contribution in [3.05, 3.63) is 24.3 Å². The Morgan fingerprint density at radius 1 is 1.30 bits per heavy atom. The maximum absolute atomic E-state index is 11.8. The first-order chi connectivity index (χ1) is 9.34. The minimum Gasteiger partial charge on any atom is -0.466 e. The van der Waals surface area contributed by atoms with Crippen molar-refractivity contribution in [2.45, 2.75) is 19.8 Å². The highest BCUT2D eigenvalue weighted by molar-refractivity contribution is 7.92. The standard InChI is InChI=1S/C13H20N2O4S/c1-3-19-13(16)5-4-10-15(20(2,17)18)12-8-6-11(14)7-9-12/h6-9H,3-5,10,14H2,1-2H3. The van der Waals surface area contributed by atoms with E-state index < -0.39 is 10.0 Å². The monoisotopic (exact) mass is 300 g/mol. The minimum atomic E-state index is -3.40. The van der Waals surface area contributed by atoms with Gasteiger partial charge in [-0.15, -0.1) is 0 Å². The summed E-state index contributed by atoms with van der Waals surface area (Å²) in [4.78, 5) is 11.2. The molecule has 0 amide bonds. The number of carbonyl (C=O) groups is 1. The summed E-state index contributed by atoms with van der Waals surface area (Å²) in [6.07, 6.45) is 1.72. The zero-order valence-electron chi connectivity index (χ0n) is 11.7. The maximum Gasteiger partial charge on any atom is 0.305 e. The third-order valence-electron chi connectivity index (χ3n) is 2.63. The Bertz CT molecular complexity index is 540. The number of rotatable bonds is 7. The van der Waals surface area contributed by atoms with Gasteiger partial charge in [0, 0.05) is 18.7 Å². The summed E-state index contributed by atoms with van der Waals surface area (Å²) in [5.41, 5.74) is 6.68. The van der Waals surface area contributed by atoms with E-state index in [0.29, 0.717) is 24.4 Å². The Kier molecular flexibility index (Phi) is 5.82. The molecule has 0 saturated carbocycles. The number of sulfonamides is 1. The third-order valence-corrected chi connectivity index (χ3v) is 3.82. The highest BCUT2D eigenvalue weighted by atomic mass is 32.2. The quantitative estimate of drug-likeness (QED) is 0.607. The van der Waals surface area contributed by atoms with Gasteiger partial charge in [0.2, 0.25) is 10.0 Å². The maximum atomic E-state index is 11.8. The summed E-state index contributed by atoms with van der Waals surface area (Å²) in [6, 6.07) is 6.55. The van der Waals surface area contributed by atoms with E-state index in [1.165, 1.54) is 4.31 Å². The second-order valence-electron chi connectivity index (χ2n) is 4.34. The molecule has 0 aliphatic rings. The van der Waals surface area contributed by atoms with E-state index in [4.69, 9.17) is 10.5 Å². The van der Waals surface area contributed by atoms with Crippen molar-refractivity contribution in [3.63, 3.8) is 0 Å². The van der Waals surface area contributed by atoms with E-state index in [0.717, 1.165) is 6.26 Å². The molecule has 0 aromatic heterocycles. The van der Waals surface area contributed by atoms with Crippen LogP contribution in [0.5, 0.6) is 0 Å². The van der Waals surface area contributed by atoms with Crippen LogP contribution in [0.4, 0.5) is 11.4 Å². The Hall–Kier alpha value is -1.76. The lowest BCUT2D eigenvalue weighted by atomic mass is 10.2. The first kappa shape index (κ1) is 16.3. The molecule has 0 spiro atoms. The molecule has 6 nitrogen and oxygen atoms in total. The van der Waals surface area contributed by atoms with Crippen molar-refractivity contribution in [1.29, 1.82) is 0 Å². The van der Waals surface area contributed by atoms with Crippen LogP contribution in [0.3, 0.4) is 0 Å². The zero-order chi connectivity index (χ0) is 15.2. The fourth-order valence-corrected chi connectivity index (χ4v) is 2.69. The molecule has 0 atom stereocenters. The number of nitrogens with zero attached hydrogens (tertiary/aromatic N) is 1. The molecule has 0 radical (unpaired) electrons. The Labute approximate surface area is 119 Å². The normalized spacial score (nSPS) is 11.1. The number of carbonyl (C=O) groups excluding carboxylic acids is 1.